The zero-order valence-corrected chi connectivity index (χ0v) is 15.4. The number of rotatable bonds is 2. The Bertz CT molecular complexity index is 743. The smallest absolute Gasteiger partial charge is 0.334 e. The molecule has 3 aliphatic rings. The Hall–Kier alpha value is -2.21. The van der Waals surface area contributed by atoms with E-state index in [0.717, 1.165) is 5.57 Å². The largest absolute Gasteiger partial charge is 0.457 e. The molecule has 1 aliphatic heterocycles. The molecule has 0 radical (unpaired) electrons. The van der Waals surface area contributed by atoms with Crippen LogP contribution < -0.4 is 0 Å². The fraction of sp³-hybridized carbons (Fsp3) is 0.550. The van der Waals surface area contributed by atoms with Crippen LogP contribution >= 0.6 is 0 Å². The molecule has 2 fully saturated rings. The number of ether oxygens (including phenoxy) is 2. The molecule has 0 aromatic rings. The van der Waals surface area contributed by atoms with Crippen LogP contribution in [0, 0.1) is 23.2 Å². The number of carbonyl (C=O) groups is 3. The van der Waals surface area contributed by atoms with Crippen molar-refractivity contribution in [2.24, 2.45) is 23.2 Å². The van der Waals surface area contributed by atoms with E-state index >= 15 is 0 Å². The van der Waals surface area contributed by atoms with E-state index in [1.165, 1.54) is 12.2 Å². The van der Waals surface area contributed by atoms with E-state index < -0.39 is 41.6 Å². The van der Waals surface area contributed by atoms with E-state index in [-0.39, 0.29) is 23.2 Å². The van der Waals surface area contributed by atoms with Crippen molar-refractivity contribution in [2.45, 2.75) is 46.0 Å². The van der Waals surface area contributed by atoms with E-state index in [1.54, 1.807) is 26.8 Å². The van der Waals surface area contributed by atoms with Gasteiger partial charge in [-0.15, -0.1) is 0 Å². The maximum absolute atomic E-state index is 12.8. The highest BCUT2D eigenvalue weighted by Gasteiger charge is 2.64. The van der Waals surface area contributed by atoms with Gasteiger partial charge in [0.15, 0.2) is 5.78 Å². The number of carbonyl (C=O) groups excluding carboxylic acids is 3. The number of aliphatic hydroxyl groups is 1. The fourth-order valence-electron chi connectivity index (χ4n) is 4.51. The van der Waals surface area contributed by atoms with E-state index in [0.29, 0.717) is 0 Å². The second kappa shape index (κ2) is 6.20. The summed E-state index contributed by atoms with van der Waals surface area (Å²) in [4.78, 5) is 37.3. The molecule has 0 bridgehead atoms. The summed E-state index contributed by atoms with van der Waals surface area (Å²) in [6, 6.07) is 0. The quantitative estimate of drug-likeness (QED) is 0.596. The summed E-state index contributed by atoms with van der Waals surface area (Å²) in [6.45, 7) is 10.8. The summed E-state index contributed by atoms with van der Waals surface area (Å²) in [6.07, 6.45) is 1.72. The highest BCUT2D eigenvalue weighted by Crippen LogP contribution is 2.54. The minimum atomic E-state index is -1.10. The first-order valence-electron chi connectivity index (χ1n) is 8.75. The fourth-order valence-corrected chi connectivity index (χ4v) is 4.51. The first-order chi connectivity index (χ1) is 12.1. The molecule has 7 atom stereocenters. The Kier molecular flexibility index (Phi) is 4.43. The molecule has 1 saturated carbocycles. The average Bonchev–Trinajstić information content (AvgIpc) is 2.99. The lowest BCUT2D eigenvalue weighted by Crippen LogP contribution is -2.49. The molecule has 6 heteroatoms. The van der Waals surface area contributed by atoms with Gasteiger partial charge in [0, 0.05) is 11.6 Å². The zero-order valence-electron chi connectivity index (χ0n) is 15.4. The van der Waals surface area contributed by atoms with Gasteiger partial charge >= 0.3 is 11.9 Å². The van der Waals surface area contributed by atoms with Crippen LogP contribution in [0.1, 0.15) is 27.7 Å². The van der Waals surface area contributed by atoms with E-state index in [2.05, 4.69) is 6.58 Å². The predicted octanol–water partition coefficient (Wildman–Crippen LogP) is 1.73. The molecule has 3 rings (SSSR count). The minimum absolute atomic E-state index is 0.123. The zero-order chi connectivity index (χ0) is 19.4. The molecule has 0 aromatic carbocycles. The first kappa shape index (κ1) is 18.6. The van der Waals surface area contributed by atoms with Crippen molar-refractivity contribution >= 4 is 17.7 Å². The number of fused-ring (bicyclic) bond motifs is 2. The van der Waals surface area contributed by atoms with E-state index in [4.69, 9.17) is 9.47 Å². The Labute approximate surface area is 152 Å². The van der Waals surface area contributed by atoms with Gasteiger partial charge in [-0.3, -0.25) is 4.79 Å². The second-order valence-corrected chi connectivity index (χ2v) is 7.88. The summed E-state index contributed by atoms with van der Waals surface area (Å²) >= 11 is 0. The maximum atomic E-state index is 12.8. The molecule has 2 aliphatic carbocycles. The lowest BCUT2D eigenvalue weighted by molar-refractivity contribution is -0.160. The van der Waals surface area contributed by atoms with Gasteiger partial charge in [-0.05, 0) is 38.7 Å². The summed E-state index contributed by atoms with van der Waals surface area (Å²) in [5.74, 6) is -2.88. The summed E-state index contributed by atoms with van der Waals surface area (Å²) in [5.41, 5.74) is -0.219. The van der Waals surface area contributed by atoms with Crippen LogP contribution in [0.5, 0.6) is 0 Å². The molecule has 1 N–H and O–H groups in total. The lowest BCUT2D eigenvalue weighted by atomic mass is 9.67. The third-order valence-corrected chi connectivity index (χ3v) is 5.95. The molecule has 140 valence electrons. The van der Waals surface area contributed by atoms with E-state index in [9.17, 15) is 19.5 Å². The molecule has 0 spiro atoms. The molecular formula is C20H24O6. The molecule has 6 nitrogen and oxygen atoms in total. The number of allylic oxidation sites excluding steroid dienone is 3. The lowest BCUT2D eigenvalue weighted by Gasteiger charge is -2.39. The van der Waals surface area contributed by atoms with Crippen LogP contribution in [0.4, 0.5) is 0 Å². The van der Waals surface area contributed by atoms with Gasteiger partial charge in [-0.25, -0.2) is 9.59 Å². The molecule has 1 saturated heterocycles. The van der Waals surface area contributed by atoms with Crippen molar-refractivity contribution < 1.29 is 29.0 Å². The Morgan fingerprint density at radius 3 is 2.65 bits per heavy atom. The maximum Gasteiger partial charge on any atom is 0.334 e. The van der Waals surface area contributed by atoms with Gasteiger partial charge in [-0.1, -0.05) is 25.2 Å². The molecule has 26 heavy (non-hydrogen) atoms. The summed E-state index contributed by atoms with van der Waals surface area (Å²) < 4.78 is 11.1. The van der Waals surface area contributed by atoms with Crippen molar-refractivity contribution in [2.75, 3.05) is 0 Å². The number of ketones is 1. The molecule has 0 amide bonds. The van der Waals surface area contributed by atoms with Crippen LogP contribution in [0.15, 0.2) is 36.0 Å². The van der Waals surface area contributed by atoms with Gasteiger partial charge in [0.05, 0.1) is 17.4 Å². The predicted molar refractivity (Wildman–Crippen MR) is 92.7 cm³/mol. The Morgan fingerprint density at radius 1 is 1.38 bits per heavy atom. The topological polar surface area (TPSA) is 89.9 Å². The monoisotopic (exact) mass is 360 g/mol. The van der Waals surface area contributed by atoms with Crippen LogP contribution in [0.3, 0.4) is 0 Å². The third-order valence-electron chi connectivity index (χ3n) is 5.95. The first-order valence-corrected chi connectivity index (χ1v) is 8.75. The number of hydrogen-bond acceptors (Lipinski definition) is 6. The van der Waals surface area contributed by atoms with Crippen molar-refractivity contribution in [1.29, 1.82) is 0 Å². The van der Waals surface area contributed by atoms with Crippen molar-refractivity contribution in [3.63, 3.8) is 0 Å². The summed E-state index contributed by atoms with van der Waals surface area (Å²) in [5, 5.41) is 10.8. The van der Waals surface area contributed by atoms with Gasteiger partial charge in [0.25, 0.3) is 0 Å². The van der Waals surface area contributed by atoms with Crippen LogP contribution in [-0.2, 0) is 23.9 Å². The van der Waals surface area contributed by atoms with Gasteiger partial charge in [0.1, 0.15) is 12.2 Å². The standard InChI is InChI=1S/C20H24O6/c1-9(2)8-14(22)25-18-15-11(4)19(24)26-17(15)16(23)10(3)12-6-7-13(21)20(12,18)5/h6-8,10,12,15-18,23H,4H2,1-3,5H3/t10-,12+,15+,16+,17-,18-,20-/m0/s1. The molecule has 0 unspecified atom stereocenters. The van der Waals surface area contributed by atoms with Crippen LogP contribution in [0.2, 0.25) is 0 Å². The SMILES string of the molecule is C=C1C(=O)O[C@@H]2[C@H](O)[C@@H](C)[C@H]3C=CC(=O)[C@@]3(C)[C@@H](OC(=O)C=C(C)C)[C@H]12. The normalized spacial score (nSPS) is 41.2. The number of hydrogen-bond donors (Lipinski definition) is 1. The minimum Gasteiger partial charge on any atom is -0.457 e. The molecule has 1 heterocycles. The van der Waals surface area contributed by atoms with Crippen molar-refractivity contribution in [3.05, 3.63) is 36.0 Å². The Balaban J connectivity index is 2.12. The van der Waals surface area contributed by atoms with Gasteiger partial charge in [-0.2, -0.15) is 0 Å². The van der Waals surface area contributed by atoms with Crippen molar-refractivity contribution in [3.8, 4) is 0 Å². The highest BCUT2D eigenvalue weighted by molar-refractivity contribution is 5.99. The Morgan fingerprint density at radius 2 is 2.04 bits per heavy atom. The van der Waals surface area contributed by atoms with Crippen LogP contribution in [0.25, 0.3) is 0 Å². The van der Waals surface area contributed by atoms with E-state index in [1.807, 2.05) is 6.92 Å². The van der Waals surface area contributed by atoms with Crippen molar-refractivity contribution in [1.82, 2.24) is 0 Å². The van der Waals surface area contributed by atoms with Crippen LogP contribution in [-0.4, -0.2) is 41.1 Å². The molecule has 0 aromatic heterocycles. The molecular weight excluding hydrogens is 336 g/mol. The number of aliphatic hydroxyl groups excluding tert-OH is 1. The second-order valence-electron chi connectivity index (χ2n) is 7.88. The highest BCUT2D eigenvalue weighted by atomic mass is 16.6. The number of esters is 2. The summed E-state index contributed by atoms with van der Waals surface area (Å²) in [7, 11) is 0. The third kappa shape index (κ3) is 2.55. The van der Waals surface area contributed by atoms with Gasteiger partial charge < -0.3 is 14.6 Å². The van der Waals surface area contributed by atoms with Gasteiger partial charge in [0.2, 0.25) is 0 Å². The average molecular weight is 360 g/mol.